The molecule has 0 aliphatic heterocycles. The molecule has 1 aromatic carbocycles. The zero-order valence-corrected chi connectivity index (χ0v) is 13.1. The first-order chi connectivity index (χ1) is 9.40. The van der Waals surface area contributed by atoms with Crippen LogP contribution in [0, 0.1) is 5.82 Å². The van der Waals surface area contributed by atoms with Crippen LogP contribution in [-0.2, 0) is 16.6 Å². The minimum Gasteiger partial charge on any atom is -0.243 e. The molecule has 20 heavy (non-hydrogen) atoms. The summed E-state index contributed by atoms with van der Waals surface area (Å²) in [6, 6.07) is 6.85. The summed E-state index contributed by atoms with van der Waals surface area (Å²) in [7, 11) is -3.81. The Morgan fingerprint density at radius 2 is 2.10 bits per heavy atom. The summed E-state index contributed by atoms with van der Waals surface area (Å²) in [5.74, 6) is -0.443. The molecule has 106 valence electrons. The van der Waals surface area contributed by atoms with Gasteiger partial charge >= 0.3 is 0 Å². The van der Waals surface area contributed by atoms with Gasteiger partial charge < -0.3 is 0 Å². The second-order valence-corrected chi connectivity index (χ2v) is 6.80. The first kappa shape index (κ1) is 15.4. The molecular formula is C12H9BrClFN2O2S. The summed E-state index contributed by atoms with van der Waals surface area (Å²) in [6.07, 6.45) is 1.39. The van der Waals surface area contributed by atoms with Crippen molar-refractivity contribution >= 4 is 37.6 Å². The van der Waals surface area contributed by atoms with E-state index in [1.54, 1.807) is 0 Å². The molecule has 0 bridgehead atoms. The summed E-state index contributed by atoms with van der Waals surface area (Å²) < 4.78 is 40.2. The number of aromatic nitrogens is 1. The molecule has 0 amide bonds. The summed E-state index contributed by atoms with van der Waals surface area (Å²) in [6.45, 7) is -0.0636. The van der Waals surface area contributed by atoms with Crippen molar-refractivity contribution in [1.29, 1.82) is 0 Å². The van der Waals surface area contributed by atoms with E-state index >= 15 is 0 Å². The number of pyridine rings is 1. The Bertz CT molecular complexity index is 740. The predicted octanol–water partition coefficient (Wildman–Crippen LogP) is 3.12. The Labute approximate surface area is 129 Å². The van der Waals surface area contributed by atoms with Gasteiger partial charge in [-0.05, 0) is 35.9 Å². The van der Waals surface area contributed by atoms with E-state index in [9.17, 15) is 12.8 Å². The predicted molar refractivity (Wildman–Crippen MR) is 77.4 cm³/mol. The molecule has 2 aromatic rings. The van der Waals surface area contributed by atoms with Crippen LogP contribution in [0.5, 0.6) is 0 Å². The number of benzene rings is 1. The number of rotatable bonds is 4. The van der Waals surface area contributed by atoms with Gasteiger partial charge in [-0.25, -0.2) is 22.5 Å². The zero-order chi connectivity index (χ0) is 14.8. The zero-order valence-electron chi connectivity index (χ0n) is 9.98. The molecule has 1 N–H and O–H groups in total. The van der Waals surface area contributed by atoms with Crippen LogP contribution in [0.2, 0.25) is 5.15 Å². The number of sulfonamides is 1. The quantitative estimate of drug-likeness (QED) is 0.830. The maximum Gasteiger partial charge on any atom is 0.243 e. The Morgan fingerprint density at radius 3 is 2.80 bits per heavy atom. The van der Waals surface area contributed by atoms with Crippen molar-refractivity contribution < 1.29 is 12.8 Å². The van der Waals surface area contributed by atoms with E-state index in [4.69, 9.17) is 11.6 Å². The number of hydrogen-bond donors (Lipinski definition) is 1. The summed E-state index contributed by atoms with van der Waals surface area (Å²) in [4.78, 5) is 3.59. The van der Waals surface area contributed by atoms with Gasteiger partial charge in [0.05, 0.1) is 0 Å². The highest BCUT2D eigenvalue weighted by molar-refractivity contribution is 9.10. The lowest BCUT2D eigenvalue weighted by molar-refractivity contribution is 0.579. The smallest absolute Gasteiger partial charge is 0.243 e. The fraction of sp³-hybridized carbons (Fsp3) is 0.0833. The maximum absolute atomic E-state index is 13.1. The Kier molecular flexibility index (Phi) is 4.74. The number of hydrogen-bond acceptors (Lipinski definition) is 3. The lowest BCUT2D eigenvalue weighted by Crippen LogP contribution is -2.24. The highest BCUT2D eigenvalue weighted by atomic mass is 79.9. The fourth-order valence-electron chi connectivity index (χ4n) is 1.50. The SMILES string of the molecule is O=S(=O)(NCc1cc(F)ccc1Br)c1cccnc1Cl. The fourth-order valence-corrected chi connectivity index (χ4v) is 3.35. The van der Waals surface area contributed by atoms with Gasteiger partial charge in [-0.1, -0.05) is 27.5 Å². The van der Waals surface area contributed by atoms with Gasteiger partial charge in [-0.3, -0.25) is 0 Å². The van der Waals surface area contributed by atoms with Gasteiger partial charge in [0, 0.05) is 17.2 Å². The van der Waals surface area contributed by atoms with E-state index in [1.165, 1.54) is 36.5 Å². The summed E-state index contributed by atoms with van der Waals surface area (Å²) >= 11 is 8.98. The second-order valence-electron chi connectivity index (χ2n) is 3.85. The molecule has 0 fully saturated rings. The molecule has 0 radical (unpaired) electrons. The van der Waals surface area contributed by atoms with Crippen LogP contribution in [0.25, 0.3) is 0 Å². The summed E-state index contributed by atoms with van der Waals surface area (Å²) in [5, 5.41) is -0.113. The molecule has 0 unspecified atom stereocenters. The van der Waals surface area contributed by atoms with Gasteiger partial charge in [0.2, 0.25) is 10.0 Å². The van der Waals surface area contributed by atoms with E-state index < -0.39 is 15.8 Å². The number of halogens is 3. The van der Waals surface area contributed by atoms with E-state index in [1.807, 2.05) is 0 Å². The van der Waals surface area contributed by atoms with Gasteiger partial charge in [0.15, 0.2) is 0 Å². The van der Waals surface area contributed by atoms with Crippen LogP contribution < -0.4 is 4.72 Å². The van der Waals surface area contributed by atoms with Crippen LogP contribution in [0.1, 0.15) is 5.56 Å². The average Bonchev–Trinajstić information content (AvgIpc) is 2.40. The van der Waals surface area contributed by atoms with Crippen molar-refractivity contribution in [2.24, 2.45) is 0 Å². The van der Waals surface area contributed by atoms with Crippen molar-refractivity contribution in [1.82, 2.24) is 9.71 Å². The van der Waals surface area contributed by atoms with Crippen molar-refractivity contribution in [3.05, 3.63) is 57.5 Å². The third-order valence-electron chi connectivity index (χ3n) is 2.47. The van der Waals surface area contributed by atoms with Crippen LogP contribution in [-0.4, -0.2) is 13.4 Å². The first-order valence-corrected chi connectivity index (χ1v) is 8.09. The largest absolute Gasteiger partial charge is 0.243 e. The third kappa shape index (κ3) is 3.54. The first-order valence-electron chi connectivity index (χ1n) is 5.44. The Hall–Kier alpha value is -1.02. The minimum absolute atomic E-state index is 0.0636. The minimum atomic E-state index is -3.81. The maximum atomic E-state index is 13.1. The molecule has 0 atom stereocenters. The van der Waals surface area contributed by atoms with Gasteiger partial charge in [0.1, 0.15) is 15.9 Å². The Morgan fingerprint density at radius 1 is 1.35 bits per heavy atom. The standard InChI is InChI=1S/C12H9BrClFN2O2S/c13-10-4-3-9(15)6-8(10)7-17-20(18,19)11-2-1-5-16-12(11)14/h1-6,17H,7H2. The summed E-state index contributed by atoms with van der Waals surface area (Å²) in [5.41, 5.74) is 0.480. The molecule has 0 saturated heterocycles. The molecule has 0 spiro atoms. The van der Waals surface area contributed by atoms with E-state index in [-0.39, 0.29) is 16.6 Å². The molecule has 1 heterocycles. The number of nitrogens with one attached hydrogen (secondary N) is 1. The molecule has 0 aliphatic carbocycles. The van der Waals surface area contributed by atoms with Crippen molar-refractivity contribution in [2.45, 2.75) is 11.4 Å². The Balaban J connectivity index is 2.22. The molecule has 8 heteroatoms. The topological polar surface area (TPSA) is 59.1 Å². The van der Waals surface area contributed by atoms with Crippen molar-refractivity contribution in [2.75, 3.05) is 0 Å². The van der Waals surface area contributed by atoms with E-state index in [0.717, 1.165) is 0 Å². The monoisotopic (exact) mass is 378 g/mol. The number of nitrogens with zero attached hydrogens (tertiary/aromatic N) is 1. The normalized spacial score (nSPS) is 11.6. The van der Waals surface area contributed by atoms with Crippen LogP contribution in [0.15, 0.2) is 45.9 Å². The van der Waals surface area contributed by atoms with E-state index in [0.29, 0.717) is 10.0 Å². The highest BCUT2D eigenvalue weighted by Gasteiger charge is 2.18. The van der Waals surface area contributed by atoms with Gasteiger partial charge in [-0.15, -0.1) is 0 Å². The lowest BCUT2D eigenvalue weighted by Gasteiger charge is -2.09. The molecule has 0 aliphatic rings. The highest BCUT2D eigenvalue weighted by Crippen LogP contribution is 2.20. The van der Waals surface area contributed by atoms with Crippen LogP contribution in [0.4, 0.5) is 4.39 Å². The third-order valence-corrected chi connectivity index (χ3v) is 5.09. The van der Waals surface area contributed by atoms with Crippen LogP contribution >= 0.6 is 27.5 Å². The average molecular weight is 380 g/mol. The van der Waals surface area contributed by atoms with Crippen molar-refractivity contribution in [3.8, 4) is 0 Å². The van der Waals surface area contributed by atoms with Crippen molar-refractivity contribution in [3.63, 3.8) is 0 Å². The lowest BCUT2D eigenvalue weighted by atomic mass is 10.2. The van der Waals surface area contributed by atoms with Crippen LogP contribution in [0.3, 0.4) is 0 Å². The molecule has 2 rings (SSSR count). The van der Waals surface area contributed by atoms with Gasteiger partial charge in [-0.2, -0.15) is 0 Å². The molecule has 0 saturated carbocycles. The van der Waals surface area contributed by atoms with Gasteiger partial charge in [0.25, 0.3) is 0 Å². The molecular weight excluding hydrogens is 371 g/mol. The second kappa shape index (κ2) is 6.17. The molecule has 1 aromatic heterocycles. The molecule has 4 nitrogen and oxygen atoms in total. The van der Waals surface area contributed by atoms with E-state index in [2.05, 4.69) is 25.6 Å².